The molecule has 68 valence electrons. The van der Waals surface area contributed by atoms with Crippen LogP contribution in [0.15, 0.2) is 0 Å². The first kappa shape index (κ1) is 7.81. The number of alkyl halides is 1. The summed E-state index contributed by atoms with van der Waals surface area (Å²) in [4.78, 5) is 3.56. The van der Waals surface area contributed by atoms with E-state index in [2.05, 4.69) is 34.7 Å². The summed E-state index contributed by atoms with van der Waals surface area (Å²) in [7, 11) is 0. The van der Waals surface area contributed by atoms with Crippen molar-refractivity contribution in [2.45, 2.75) is 49.6 Å². The quantitative estimate of drug-likeness (QED) is 0.624. The zero-order chi connectivity index (χ0) is 8.46. The molecule has 0 amide bonds. The average Bonchev–Trinajstić information content (AvgIpc) is 2.55. The van der Waals surface area contributed by atoms with Gasteiger partial charge in [0.25, 0.3) is 0 Å². The van der Waals surface area contributed by atoms with Gasteiger partial charge in [0.05, 0.1) is 0 Å². The number of rotatable bonds is 1. The second kappa shape index (κ2) is 2.27. The molecule has 0 aromatic carbocycles. The Hall–Kier alpha value is 0.440. The first-order valence-corrected chi connectivity index (χ1v) is 6.03. The Kier molecular flexibility index (Phi) is 1.48. The van der Waals surface area contributed by atoms with Gasteiger partial charge in [0.2, 0.25) is 0 Å². The molecule has 0 radical (unpaired) electrons. The van der Waals surface area contributed by atoms with Gasteiger partial charge in [-0.2, -0.15) is 0 Å². The summed E-state index contributed by atoms with van der Waals surface area (Å²) in [6, 6.07) is 2.61. The van der Waals surface area contributed by atoms with Crippen LogP contribution in [0.5, 0.6) is 0 Å². The maximum atomic E-state index is 3.83. The monoisotopic (exact) mass is 229 g/mol. The lowest BCUT2D eigenvalue weighted by Gasteiger charge is -2.40. The van der Waals surface area contributed by atoms with Crippen LogP contribution < -0.4 is 0 Å². The van der Waals surface area contributed by atoms with Crippen molar-refractivity contribution in [1.82, 2.24) is 4.90 Å². The number of hydrogen-bond donors (Lipinski definition) is 0. The fourth-order valence-electron chi connectivity index (χ4n) is 3.81. The summed E-state index contributed by atoms with van der Waals surface area (Å²) in [5.41, 5.74) is 0. The molecule has 0 aromatic rings. The van der Waals surface area contributed by atoms with Crippen molar-refractivity contribution in [1.29, 1.82) is 0 Å². The second-order valence-corrected chi connectivity index (χ2v) is 6.09. The zero-order valence-corrected chi connectivity index (χ0v) is 9.29. The van der Waals surface area contributed by atoms with Crippen LogP contribution in [-0.2, 0) is 0 Å². The van der Waals surface area contributed by atoms with E-state index in [-0.39, 0.29) is 0 Å². The van der Waals surface area contributed by atoms with Gasteiger partial charge in [-0.3, -0.25) is 4.90 Å². The molecule has 1 nitrogen and oxygen atoms in total. The van der Waals surface area contributed by atoms with E-state index in [0.29, 0.717) is 0 Å². The number of piperidine rings is 1. The Morgan fingerprint density at radius 1 is 1.25 bits per heavy atom. The topological polar surface area (TPSA) is 3.24 Å². The first-order valence-electron chi connectivity index (χ1n) is 5.11. The predicted octanol–water partition coefficient (Wildman–Crippen LogP) is 2.25. The number of halogens is 1. The van der Waals surface area contributed by atoms with Gasteiger partial charge in [0.1, 0.15) is 0 Å². The summed E-state index contributed by atoms with van der Waals surface area (Å²) in [5, 5.41) is 0. The van der Waals surface area contributed by atoms with Crippen molar-refractivity contribution in [3.8, 4) is 0 Å². The molecule has 4 unspecified atom stereocenters. The minimum atomic E-state index is 0.760. The van der Waals surface area contributed by atoms with Crippen LogP contribution in [-0.4, -0.2) is 27.9 Å². The molecule has 4 fully saturated rings. The highest BCUT2D eigenvalue weighted by Gasteiger charge is 2.64. The van der Waals surface area contributed by atoms with E-state index in [1.54, 1.807) is 0 Å². The lowest BCUT2D eigenvalue weighted by molar-refractivity contribution is 0.101. The van der Waals surface area contributed by atoms with Gasteiger partial charge < -0.3 is 0 Å². The van der Waals surface area contributed by atoms with E-state index in [1.165, 1.54) is 12.8 Å². The van der Waals surface area contributed by atoms with Crippen molar-refractivity contribution < 1.29 is 0 Å². The smallest absolute Gasteiger partial charge is 0.0307 e. The molecule has 4 rings (SSSR count). The van der Waals surface area contributed by atoms with Crippen molar-refractivity contribution >= 4 is 15.9 Å². The van der Waals surface area contributed by atoms with Crippen molar-refractivity contribution in [3.63, 3.8) is 0 Å². The van der Waals surface area contributed by atoms with Crippen molar-refractivity contribution in [3.05, 3.63) is 0 Å². The first-order chi connectivity index (χ1) is 5.70. The molecule has 0 spiro atoms. The summed E-state index contributed by atoms with van der Waals surface area (Å²) in [6.45, 7) is 4.69. The lowest BCUT2D eigenvalue weighted by atomic mass is 9.75. The van der Waals surface area contributed by atoms with Gasteiger partial charge in [-0.15, -0.1) is 0 Å². The molecular formula is C10H16BrN. The third kappa shape index (κ3) is 0.701. The van der Waals surface area contributed by atoms with E-state index < -0.39 is 0 Å². The van der Waals surface area contributed by atoms with Gasteiger partial charge in [-0.1, -0.05) is 15.9 Å². The second-order valence-electron chi connectivity index (χ2n) is 4.91. The molecule has 2 aliphatic heterocycles. The molecule has 4 aliphatic rings. The Morgan fingerprint density at radius 3 is 2.50 bits per heavy atom. The van der Waals surface area contributed by atoms with Gasteiger partial charge in [0, 0.05) is 23.0 Å². The SMILES string of the molecule is CC(C)N1C2CC3C2C[C@@H](Br)C31. The van der Waals surface area contributed by atoms with E-state index in [4.69, 9.17) is 0 Å². The van der Waals surface area contributed by atoms with Crippen LogP contribution in [0.1, 0.15) is 26.7 Å². The summed E-state index contributed by atoms with van der Waals surface area (Å²) < 4.78 is 0. The van der Waals surface area contributed by atoms with E-state index in [9.17, 15) is 0 Å². The van der Waals surface area contributed by atoms with Crippen molar-refractivity contribution in [2.24, 2.45) is 11.8 Å². The maximum Gasteiger partial charge on any atom is 0.0307 e. The van der Waals surface area contributed by atoms with Crippen molar-refractivity contribution in [2.75, 3.05) is 0 Å². The van der Waals surface area contributed by atoms with Crippen LogP contribution in [0.3, 0.4) is 0 Å². The lowest BCUT2D eigenvalue weighted by Crippen LogP contribution is -2.47. The molecule has 2 saturated heterocycles. The summed E-state index contributed by atoms with van der Waals surface area (Å²) in [5.74, 6) is 2.11. The van der Waals surface area contributed by atoms with Gasteiger partial charge in [-0.25, -0.2) is 0 Å². The minimum absolute atomic E-state index is 0.760. The molecule has 2 saturated carbocycles. The van der Waals surface area contributed by atoms with Crippen LogP contribution in [0, 0.1) is 11.8 Å². The standard InChI is InChI=1S/C10H16BrN/c1-5(2)12-9-4-7-6(9)3-8(11)10(7)12/h5-10H,3-4H2,1-2H3/t6?,7?,8-,9?,10?/m1/s1. The fourth-order valence-corrected chi connectivity index (χ4v) is 4.91. The fraction of sp³-hybridized carbons (Fsp3) is 1.00. The molecular weight excluding hydrogens is 214 g/mol. The van der Waals surface area contributed by atoms with Gasteiger partial charge >= 0.3 is 0 Å². The molecule has 0 N–H and O–H groups in total. The summed E-state index contributed by atoms with van der Waals surface area (Å²) in [6.07, 6.45) is 2.94. The van der Waals surface area contributed by atoms with E-state index >= 15 is 0 Å². The third-order valence-corrected chi connectivity index (χ3v) is 5.10. The maximum absolute atomic E-state index is 3.83. The molecule has 0 aromatic heterocycles. The molecule has 2 heteroatoms. The Labute approximate surface area is 82.6 Å². The number of nitrogens with zero attached hydrogens (tertiary/aromatic N) is 1. The predicted molar refractivity (Wildman–Crippen MR) is 53.5 cm³/mol. The largest absolute Gasteiger partial charge is 0.293 e. The summed E-state index contributed by atoms with van der Waals surface area (Å²) >= 11 is 3.83. The Morgan fingerprint density at radius 2 is 2.00 bits per heavy atom. The van der Waals surface area contributed by atoms with E-state index in [0.717, 1.165) is 34.8 Å². The molecule has 5 atom stereocenters. The third-order valence-electron chi connectivity index (χ3n) is 4.19. The van der Waals surface area contributed by atoms with E-state index in [1.807, 2.05) is 0 Å². The van der Waals surface area contributed by atoms with Crippen LogP contribution >= 0.6 is 15.9 Å². The molecule has 2 heterocycles. The molecule has 4 bridgehead atoms. The normalized spacial score (nSPS) is 56.5. The van der Waals surface area contributed by atoms with Crippen LogP contribution in [0.4, 0.5) is 0 Å². The Bertz CT molecular complexity index is 216. The highest BCUT2D eigenvalue weighted by atomic mass is 79.9. The zero-order valence-electron chi connectivity index (χ0n) is 7.70. The average molecular weight is 230 g/mol. The highest BCUT2D eigenvalue weighted by Crippen LogP contribution is 2.61. The van der Waals surface area contributed by atoms with Crippen LogP contribution in [0.2, 0.25) is 0 Å². The van der Waals surface area contributed by atoms with Gasteiger partial charge in [0.15, 0.2) is 0 Å². The number of hydrogen-bond acceptors (Lipinski definition) is 1. The highest BCUT2D eigenvalue weighted by molar-refractivity contribution is 9.09. The minimum Gasteiger partial charge on any atom is -0.293 e. The van der Waals surface area contributed by atoms with Crippen LogP contribution in [0.25, 0.3) is 0 Å². The Balaban J connectivity index is 1.91. The van der Waals surface area contributed by atoms with Gasteiger partial charge in [-0.05, 0) is 38.5 Å². The molecule has 2 aliphatic carbocycles. The molecule has 12 heavy (non-hydrogen) atoms.